The van der Waals surface area contributed by atoms with E-state index >= 15 is 0 Å². The molecule has 2 aromatic carbocycles. The second-order valence-corrected chi connectivity index (χ2v) is 7.88. The molecule has 0 aliphatic heterocycles. The molecule has 4 rings (SSSR count). The zero-order valence-electron chi connectivity index (χ0n) is 16.7. The van der Waals surface area contributed by atoms with E-state index in [4.69, 9.17) is 4.42 Å². The Morgan fingerprint density at radius 2 is 2.03 bits per heavy atom. The number of para-hydroxylation sites is 1. The normalized spacial score (nSPS) is 11.3. The molecule has 6 nitrogen and oxygen atoms in total. The van der Waals surface area contributed by atoms with Gasteiger partial charge in [-0.15, -0.1) is 0 Å². The maximum absolute atomic E-state index is 13.8. The van der Waals surface area contributed by atoms with E-state index in [2.05, 4.69) is 10.3 Å². The molecule has 1 N–H and O–H groups in total. The van der Waals surface area contributed by atoms with E-state index in [1.165, 1.54) is 4.57 Å². The van der Waals surface area contributed by atoms with Gasteiger partial charge >= 0.3 is 0 Å². The molecule has 0 spiro atoms. The maximum atomic E-state index is 13.8. The second-order valence-electron chi connectivity index (χ2n) is 6.94. The van der Waals surface area contributed by atoms with Gasteiger partial charge < -0.3 is 9.73 Å². The van der Waals surface area contributed by atoms with Crippen molar-refractivity contribution in [2.24, 2.45) is 0 Å². The molecule has 0 bridgehead atoms. The summed E-state index contributed by atoms with van der Waals surface area (Å²) in [5.41, 5.74) is 0.776. The number of nitrogens with one attached hydrogen (secondary N) is 1. The molecule has 0 saturated carbocycles. The number of rotatable bonds is 7. The number of carbonyl (C=O) groups is 1. The van der Waals surface area contributed by atoms with Gasteiger partial charge in [0, 0.05) is 18.0 Å². The van der Waals surface area contributed by atoms with Crippen LogP contribution in [0.15, 0.2) is 56.8 Å². The summed E-state index contributed by atoms with van der Waals surface area (Å²) in [6, 6.07) is 10.2. The van der Waals surface area contributed by atoms with E-state index in [9.17, 15) is 18.4 Å². The number of thioether (sulfide) groups is 1. The van der Waals surface area contributed by atoms with Crippen molar-refractivity contribution in [2.45, 2.75) is 31.5 Å². The molecular formula is C22H19F2N3O3S. The van der Waals surface area contributed by atoms with E-state index in [0.29, 0.717) is 28.9 Å². The molecule has 160 valence electrons. The number of hydrogen-bond donors (Lipinski definition) is 1. The van der Waals surface area contributed by atoms with Gasteiger partial charge in [-0.25, -0.2) is 13.8 Å². The molecule has 0 radical (unpaired) electrons. The van der Waals surface area contributed by atoms with E-state index in [-0.39, 0.29) is 22.6 Å². The van der Waals surface area contributed by atoms with Crippen molar-refractivity contribution in [1.82, 2.24) is 9.55 Å². The zero-order valence-corrected chi connectivity index (χ0v) is 17.5. The molecule has 9 heteroatoms. The van der Waals surface area contributed by atoms with Crippen molar-refractivity contribution in [1.29, 1.82) is 0 Å². The highest BCUT2D eigenvalue weighted by Crippen LogP contribution is 2.27. The lowest BCUT2D eigenvalue weighted by atomic mass is 10.2. The highest BCUT2D eigenvalue weighted by molar-refractivity contribution is 7.99. The number of benzene rings is 2. The summed E-state index contributed by atoms with van der Waals surface area (Å²) < 4.78 is 34.1. The van der Waals surface area contributed by atoms with Crippen molar-refractivity contribution >= 4 is 45.4 Å². The minimum Gasteiger partial charge on any atom is -0.448 e. The lowest BCUT2D eigenvalue weighted by Crippen LogP contribution is -2.24. The van der Waals surface area contributed by atoms with Crippen LogP contribution in [-0.2, 0) is 11.3 Å². The number of furan rings is 1. The van der Waals surface area contributed by atoms with Crippen molar-refractivity contribution in [3.05, 3.63) is 64.5 Å². The van der Waals surface area contributed by atoms with Crippen LogP contribution in [0.25, 0.3) is 22.1 Å². The van der Waals surface area contributed by atoms with Crippen molar-refractivity contribution in [3.8, 4) is 0 Å². The number of unbranched alkanes of at least 4 members (excludes halogenated alkanes) is 1. The van der Waals surface area contributed by atoms with Crippen molar-refractivity contribution in [3.63, 3.8) is 0 Å². The lowest BCUT2D eigenvalue weighted by molar-refractivity contribution is -0.113. The molecule has 4 aromatic rings. The second kappa shape index (κ2) is 8.89. The van der Waals surface area contributed by atoms with Crippen LogP contribution >= 0.6 is 11.8 Å². The summed E-state index contributed by atoms with van der Waals surface area (Å²) in [6.45, 7) is 2.45. The standard InChI is InChI=1S/C22H19F2N3O3S/c1-2-3-10-27-21(29)20-19(14-6-4-5-7-17(14)30-20)26-22(27)31-12-18(28)25-16-9-8-13(23)11-15(16)24/h4-9,11H,2-3,10,12H2,1H3,(H,25,28). The Balaban J connectivity index is 1.64. The van der Waals surface area contributed by atoms with Crippen LogP contribution in [-0.4, -0.2) is 21.2 Å². The maximum Gasteiger partial charge on any atom is 0.297 e. The highest BCUT2D eigenvalue weighted by Gasteiger charge is 2.18. The Hall–Kier alpha value is -3.20. The summed E-state index contributed by atoms with van der Waals surface area (Å²) in [5, 5.41) is 3.51. The SMILES string of the molecule is CCCCn1c(SCC(=O)Nc2ccc(F)cc2F)nc2c(oc3ccccc32)c1=O. The fraction of sp³-hybridized carbons (Fsp3) is 0.227. The molecule has 0 aliphatic carbocycles. The summed E-state index contributed by atoms with van der Waals surface area (Å²) in [4.78, 5) is 30.0. The molecule has 0 fully saturated rings. The predicted molar refractivity (Wildman–Crippen MR) is 116 cm³/mol. The Bertz CT molecular complexity index is 1330. The minimum atomic E-state index is -0.859. The number of nitrogens with zero attached hydrogens (tertiary/aromatic N) is 2. The van der Waals surface area contributed by atoms with E-state index in [0.717, 1.165) is 42.1 Å². The van der Waals surface area contributed by atoms with Gasteiger partial charge in [0.1, 0.15) is 22.7 Å². The van der Waals surface area contributed by atoms with Gasteiger partial charge in [-0.05, 0) is 30.7 Å². The number of fused-ring (bicyclic) bond motifs is 3. The van der Waals surface area contributed by atoms with Gasteiger partial charge in [-0.3, -0.25) is 14.2 Å². The fourth-order valence-electron chi connectivity index (χ4n) is 3.18. The molecule has 0 aliphatic rings. The Labute approximate surface area is 180 Å². The third-order valence-corrected chi connectivity index (χ3v) is 5.70. The number of carbonyl (C=O) groups excluding carboxylic acids is 1. The molecule has 2 heterocycles. The molecule has 31 heavy (non-hydrogen) atoms. The summed E-state index contributed by atoms with van der Waals surface area (Å²) in [7, 11) is 0. The number of anilines is 1. The van der Waals surface area contributed by atoms with Crippen LogP contribution in [0, 0.1) is 11.6 Å². The first-order chi connectivity index (χ1) is 15.0. The van der Waals surface area contributed by atoms with Crippen LogP contribution < -0.4 is 10.9 Å². The predicted octanol–water partition coefficient (Wildman–Crippen LogP) is 4.95. The first kappa shape index (κ1) is 21.0. The Kier molecular flexibility index (Phi) is 6.03. The van der Waals surface area contributed by atoms with E-state index in [1.807, 2.05) is 25.1 Å². The largest absolute Gasteiger partial charge is 0.448 e. The topological polar surface area (TPSA) is 77.1 Å². The van der Waals surface area contributed by atoms with Gasteiger partial charge in [0.05, 0.1) is 11.4 Å². The molecule has 0 unspecified atom stereocenters. The number of amides is 1. The van der Waals surface area contributed by atoms with Gasteiger partial charge in [-0.1, -0.05) is 37.2 Å². The smallest absolute Gasteiger partial charge is 0.297 e. The lowest BCUT2D eigenvalue weighted by Gasteiger charge is -2.11. The van der Waals surface area contributed by atoms with Gasteiger partial charge in [-0.2, -0.15) is 0 Å². The quantitative estimate of drug-likeness (QED) is 0.323. The van der Waals surface area contributed by atoms with Crippen LogP contribution in [0.5, 0.6) is 0 Å². The van der Waals surface area contributed by atoms with Crippen molar-refractivity contribution in [2.75, 3.05) is 11.1 Å². The van der Waals surface area contributed by atoms with E-state index < -0.39 is 17.5 Å². The average molecular weight is 443 g/mol. The van der Waals surface area contributed by atoms with Gasteiger partial charge in [0.25, 0.3) is 5.56 Å². The van der Waals surface area contributed by atoms with Crippen molar-refractivity contribution < 1.29 is 18.0 Å². The number of aromatic nitrogens is 2. The average Bonchev–Trinajstić information content (AvgIpc) is 3.13. The molecule has 2 aromatic heterocycles. The van der Waals surface area contributed by atoms with Gasteiger partial charge in [0.2, 0.25) is 11.5 Å². The summed E-state index contributed by atoms with van der Waals surface area (Å²) >= 11 is 1.08. The fourth-order valence-corrected chi connectivity index (χ4v) is 4.00. The molecular weight excluding hydrogens is 424 g/mol. The van der Waals surface area contributed by atoms with Gasteiger partial charge in [0.15, 0.2) is 5.16 Å². The molecule has 0 atom stereocenters. The number of halogens is 2. The first-order valence-corrected chi connectivity index (χ1v) is 10.8. The zero-order chi connectivity index (χ0) is 22.0. The molecule has 1 amide bonds. The van der Waals surface area contributed by atoms with Crippen LogP contribution in [0.3, 0.4) is 0 Å². The summed E-state index contributed by atoms with van der Waals surface area (Å²) in [5.74, 6) is -2.18. The highest BCUT2D eigenvalue weighted by atomic mass is 32.2. The van der Waals surface area contributed by atoms with Crippen LogP contribution in [0.1, 0.15) is 19.8 Å². The Morgan fingerprint density at radius 1 is 1.23 bits per heavy atom. The van der Waals surface area contributed by atoms with E-state index in [1.54, 1.807) is 6.07 Å². The minimum absolute atomic E-state index is 0.101. The monoisotopic (exact) mass is 443 g/mol. The first-order valence-electron chi connectivity index (χ1n) is 9.77. The molecule has 0 saturated heterocycles. The third kappa shape index (κ3) is 4.32. The van der Waals surface area contributed by atoms with Crippen LogP contribution in [0.4, 0.5) is 14.5 Å². The number of hydrogen-bond acceptors (Lipinski definition) is 5. The third-order valence-electron chi connectivity index (χ3n) is 4.72. The Morgan fingerprint density at radius 3 is 2.81 bits per heavy atom. The van der Waals surface area contributed by atoms with Crippen LogP contribution in [0.2, 0.25) is 0 Å². The summed E-state index contributed by atoms with van der Waals surface area (Å²) in [6.07, 6.45) is 1.63.